The lowest BCUT2D eigenvalue weighted by Gasteiger charge is -2.05. The van der Waals surface area contributed by atoms with Gasteiger partial charge in [-0.25, -0.2) is 0 Å². The van der Waals surface area contributed by atoms with Crippen molar-refractivity contribution in [2.45, 2.75) is 20.3 Å². The maximum atomic E-state index is 11.0. The van der Waals surface area contributed by atoms with Gasteiger partial charge in [0.15, 0.2) is 0 Å². The fourth-order valence-corrected chi connectivity index (χ4v) is 0.776. The van der Waals surface area contributed by atoms with Gasteiger partial charge in [0, 0.05) is 22.4 Å². The van der Waals surface area contributed by atoms with Gasteiger partial charge in [0.25, 0.3) is 0 Å². The Balaban J connectivity index is -0.000000605. The third-order valence-electron chi connectivity index (χ3n) is 1.27. The number of carbonyl (C=O) groups excluding carboxylic acids is 2. The summed E-state index contributed by atoms with van der Waals surface area (Å²) in [6.07, 6.45) is 1.16. The van der Waals surface area contributed by atoms with E-state index in [1.165, 1.54) is 0 Å². The van der Waals surface area contributed by atoms with Gasteiger partial charge in [0.05, 0.1) is 0 Å². The molecule has 12 heavy (non-hydrogen) atoms. The summed E-state index contributed by atoms with van der Waals surface area (Å²) >= 11 is 0. The number of nitrogens with one attached hydrogen (secondary N) is 2. The van der Waals surface area contributed by atoms with Crippen LogP contribution in [0.3, 0.4) is 0 Å². The number of carbonyl (C=O) groups is 2. The van der Waals surface area contributed by atoms with E-state index in [0.29, 0.717) is 31.8 Å². The molecule has 74 valence electrons. The summed E-state index contributed by atoms with van der Waals surface area (Å²) in [6, 6.07) is 0. The maximum Gasteiger partial charge on any atom is 0.220 e. The SMILES string of the molecule is CC(C)CC(=O)NCCNC=O.[HH].[HH]. The van der Waals surface area contributed by atoms with Gasteiger partial charge in [-0.1, -0.05) is 13.8 Å². The molecule has 0 aromatic heterocycles. The van der Waals surface area contributed by atoms with Crippen LogP contribution in [0.5, 0.6) is 0 Å². The molecule has 4 nitrogen and oxygen atoms in total. The average Bonchev–Trinajstić information content (AvgIpc) is 1.97. The molecule has 0 atom stereocenters. The van der Waals surface area contributed by atoms with Crippen molar-refractivity contribution < 1.29 is 12.4 Å². The minimum absolute atomic E-state index is 0. The average molecular weight is 176 g/mol. The maximum absolute atomic E-state index is 11.0. The van der Waals surface area contributed by atoms with Crippen LogP contribution in [0.4, 0.5) is 0 Å². The third kappa shape index (κ3) is 7.05. The van der Waals surface area contributed by atoms with Crippen molar-refractivity contribution in [3.63, 3.8) is 0 Å². The third-order valence-corrected chi connectivity index (χ3v) is 1.27. The van der Waals surface area contributed by atoms with Gasteiger partial charge < -0.3 is 10.6 Å². The van der Waals surface area contributed by atoms with E-state index in [0.717, 1.165) is 0 Å². The predicted octanol–water partition coefficient (Wildman–Crippen LogP) is 0.387. The van der Waals surface area contributed by atoms with Crippen LogP contribution in [0.25, 0.3) is 0 Å². The summed E-state index contributed by atoms with van der Waals surface area (Å²) < 4.78 is 0. The first-order valence-corrected chi connectivity index (χ1v) is 4.10. The Morgan fingerprint density at radius 1 is 1.50 bits per heavy atom. The largest absolute Gasteiger partial charge is 0.357 e. The standard InChI is InChI=1S/C8H16N2O2.2H2/c1-7(2)5-8(12)10-4-3-9-6-11;;/h6-7H,3-5H2,1-2H3,(H,9,11)(H,10,12);2*1H. The van der Waals surface area contributed by atoms with Gasteiger partial charge in [-0.05, 0) is 5.92 Å². The van der Waals surface area contributed by atoms with Crippen LogP contribution in [0.1, 0.15) is 23.1 Å². The molecule has 0 heterocycles. The van der Waals surface area contributed by atoms with Crippen LogP contribution in [-0.2, 0) is 9.59 Å². The van der Waals surface area contributed by atoms with Crippen LogP contribution in [0, 0.1) is 5.92 Å². The summed E-state index contributed by atoms with van der Waals surface area (Å²) in [5.41, 5.74) is 0. The predicted molar refractivity (Wildman–Crippen MR) is 50.8 cm³/mol. The summed E-state index contributed by atoms with van der Waals surface area (Å²) in [7, 11) is 0. The first-order chi connectivity index (χ1) is 5.66. The zero-order valence-electron chi connectivity index (χ0n) is 7.59. The molecule has 0 aliphatic heterocycles. The van der Waals surface area contributed by atoms with Crippen LogP contribution in [-0.4, -0.2) is 25.4 Å². The molecule has 0 radical (unpaired) electrons. The molecule has 0 aromatic rings. The molecule has 0 aromatic carbocycles. The normalized spacial score (nSPS) is 9.58. The summed E-state index contributed by atoms with van der Waals surface area (Å²) in [5.74, 6) is 0.418. The highest BCUT2D eigenvalue weighted by Gasteiger charge is 2.02. The lowest BCUT2D eigenvalue weighted by atomic mass is 10.1. The minimum atomic E-state index is 0. The summed E-state index contributed by atoms with van der Waals surface area (Å²) in [5, 5.41) is 5.15. The van der Waals surface area contributed by atoms with Gasteiger partial charge in [-0.3, -0.25) is 9.59 Å². The van der Waals surface area contributed by atoms with Gasteiger partial charge in [-0.15, -0.1) is 0 Å². The Bertz CT molecular complexity index is 154. The minimum Gasteiger partial charge on any atom is -0.357 e. The molecule has 0 unspecified atom stereocenters. The van der Waals surface area contributed by atoms with Crippen molar-refractivity contribution in [1.82, 2.24) is 10.6 Å². The fraction of sp³-hybridized carbons (Fsp3) is 0.750. The number of rotatable bonds is 6. The van der Waals surface area contributed by atoms with E-state index in [9.17, 15) is 9.59 Å². The molecule has 0 rings (SSSR count). The molecule has 0 bridgehead atoms. The molecular formula is C8H20N2O2. The Hall–Kier alpha value is -1.06. The van der Waals surface area contributed by atoms with E-state index in [2.05, 4.69) is 10.6 Å². The highest BCUT2D eigenvalue weighted by Crippen LogP contribution is 1.97. The van der Waals surface area contributed by atoms with Crippen molar-refractivity contribution in [1.29, 1.82) is 0 Å². The van der Waals surface area contributed by atoms with E-state index in [1.54, 1.807) is 0 Å². The molecule has 4 heteroatoms. The second kappa shape index (κ2) is 6.64. The van der Waals surface area contributed by atoms with Gasteiger partial charge in [0.1, 0.15) is 0 Å². The molecule has 2 amide bonds. The molecule has 0 spiro atoms. The van der Waals surface area contributed by atoms with E-state index in [4.69, 9.17) is 0 Å². The molecule has 0 aliphatic carbocycles. The molecule has 0 saturated heterocycles. The zero-order valence-corrected chi connectivity index (χ0v) is 7.59. The van der Waals surface area contributed by atoms with E-state index in [1.807, 2.05) is 13.8 Å². The highest BCUT2D eigenvalue weighted by molar-refractivity contribution is 5.76. The van der Waals surface area contributed by atoms with Crippen molar-refractivity contribution in [2.24, 2.45) is 5.92 Å². The molecule has 0 fully saturated rings. The van der Waals surface area contributed by atoms with Crippen LogP contribution >= 0.6 is 0 Å². The Kier molecular flexibility index (Phi) is 6.05. The molecule has 0 saturated carbocycles. The highest BCUT2D eigenvalue weighted by atomic mass is 16.1. The Morgan fingerprint density at radius 2 is 2.17 bits per heavy atom. The van der Waals surface area contributed by atoms with E-state index in [-0.39, 0.29) is 8.76 Å². The van der Waals surface area contributed by atoms with Gasteiger partial charge >= 0.3 is 0 Å². The summed E-state index contributed by atoms with van der Waals surface area (Å²) in [4.78, 5) is 20.8. The second-order valence-electron chi connectivity index (χ2n) is 3.02. The Morgan fingerprint density at radius 3 is 2.67 bits per heavy atom. The molecular weight excluding hydrogens is 156 g/mol. The molecule has 0 aliphatic rings. The number of hydrogen-bond acceptors (Lipinski definition) is 2. The topological polar surface area (TPSA) is 58.2 Å². The Labute approximate surface area is 75.7 Å². The first-order valence-electron chi connectivity index (χ1n) is 4.10. The first kappa shape index (κ1) is 10.9. The van der Waals surface area contributed by atoms with Crippen LogP contribution < -0.4 is 10.6 Å². The van der Waals surface area contributed by atoms with Gasteiger partial charge in [0.2, 0.25) is 12.3 Å². The van der Waals surface area contributed by atoms with E-state index < -0.39 is 0 Å². The van der Waals surface area contributed by atoms with Crippen molar-refractivity contribution in [3.8, 4) is 0 Å². The van der Waals surface area contributed by atoms with Crippen molar-refractivity contribution in [2.75, 3.05) is 13.1 Å². The quantitative estimate of drug-likeness (QED) is 0.454. The fourth-order valence-electron chi connectivity index (χ4n) is 0.776. The van der Waals surface area contributed by atoms with E-state index >= 15 is 0 Å². The smallest absolute Gasteiger partial charge is 0.220 e. The lowest BCUT2D eigenvalue weighted by Crippen LogP contribution is -2.31. The second-order valence-corrected chi connectivity index (χ2v) is 3.02. The van der Waals surface area contributed by atoms with Crippen molar-refractivity contribution >= 4 is 12.3 Å². The zero-order chi connectivity index (χ0) is 9.40. The van der Waals surface area contributed by atoms with Crippen LogP contribution in [0.2, 0.25) is 0 Å². The van der Waals surface area contributed by atoms with Gasteiger partial charge in [-0.2, -0.15) is 0 Å². The summed E-state index contributed by atoms with van der Waals surface area (Å²) in [6.45, 7) is 4.98. The van der Waals surface area contributed by atoms with Crippen molar-refractivity contribution in [3.05, 3.63) is 0 Å². The monoisotopic (exact) mass is 176 g/mol. The number of amides is 2. The lowest BCUT2D eigenvalue weighted by molar-refractivity contribution is -0.121. The number of hydrogen-bond donors (Lipinski definition) is 2. The van der Waals surface area contributed by atoms with Crippen LogP contribution in [0.15, 0.2) is 0 Å². The molecule has 2 N–H and O–H groups in total.